The molecule has 0 saturated heterocycles. The molecule has 1 aliphatic carbocycles. The van der Waals surface area contributed by atoms with E-state index in [1.54, 1.807) is 0 Å². The van der Waals surface area contributed by atoms with Crippen molar-refractivity contribution < 1.29 is 5.11 Å². The molecule has 1 fully saturated rings. The molecule has 0 bridgehead atoms. The Kier molecular flexibility index (Phi) is 7.40. The molecule has 1 N–H and O–H groups in total. The molecule has 1 nitrogen and oxygen atoms in total. The maximum Gasteiger partial charge on any atom is 0.116 e. The Bertz CT molecular complexity index is 519. The van der Waals surface area contributed by atoms with Crippen LogP contribution in [0.25, 0.3) is 0 Å². The van der Waals surface area contributed by atoms with Gasteiger partial charge in [-0.05, 0) is 85.5 Å². The molecule has 1 aromatic rings. The number of hydrogen-bond acceptors (Lipinski definition) is 1. The lowest BCUT2D eigenvalue weighted by atomic mass is 9.89. The van der Waals surface area contributed by atoms with Crippen LogP contribution in [0.15, 0.2) is 18.2 Å². The molecule has 142 valence electrons. The highest BCUT2D eigenvalue weighted by Crippen LogP contribution is 2.49. The minimum absolute atomic E-state index is 0.453. The topological polar surface area (TPSA) is 20.2 Å². The summed E-state index contributed by atoms with van der Waals surface area (Å²) in [6.45, 7) is 9.39. The summed E-state index contributed by atoms with van der Waals surface area (Å²) in [7, 11) is 0. The monoisotopic (exact) mass is 344 g/mol. The lowest BCUT2D eigenvalue weighted by Crippen LogP contribution is -2.03. The summed E-state index contributed by atoms with van der Waals surface area (Å²) in [5.41, 5.74) is 3.79. The van der Waals surface area contributed by atoms with Crippen LogP contribution in [0.4, 0.5) is 0 Å². The quantitative estimate of drug-likeness (QED) is 0.413. The van der Waals surface area contributed by atoms with Gasteiger partial charge in [-0.3, -0.25) is 0 Å². The Labute approximate surface area is 156 Å². The van der Waals surface area contributed by atoms with E-state index in [2.05, 4.69) is 33.8 Å². The fourth-order valence-corrected chi connectivity index (χ4v) is 3.71. The fourth-order valence-electron chi connectivity index (χ4n) is 3.71. The van der Waals surface area contributed by atoms with E-state index in [1.807, 2.05) is 12.1 Å². The largest absolute Gasteiger partial charge is 0.508 e. The van der Waals surface area contributed by atoms with Crippen LogP contribution in [0.1, 0.15) is 103 Å². The zero-order chi connectivity index (χ0) is 18.3. The van der Waals surface area contributed by atoms with Crippen LogP contribution in [-0.2, 0) is 12.8 Å². The number of phenolic OH excluding ortho intramolecular Hbond substituents is 1. The summed E-state index contributed by atoms with van der Waals surface area (Å²) in [4.78, 5) is 0. The Balaban J connectivity index is 1.65. The van der Waals surface area contributed by atoms with Crippen molar-refractivity contribution in [1.82, 2.24) is 0 Å². The van der Waals surface area contributed by atoms with Gasteiger partial charge in [0.05, 0.1) is 0 Å². The van der Waals surface area contributed by atoms with Crippen molar-refractivity contribution in [2.24, 2.45) is 10.8 Å². The average molecular weight is 345 g/mol. The summed E-state index contributed by atoms with van der Waals surface area (Å²) >= 11 is 0. The lowest BCUT2D eigenvalue weighted by molar-refractivity contribution is 0.357. The third kappa shape index (κ3) is 8.79. The van der Waals surface area contributed by atoms with Crippen LogP contribution in [0.2, 0.25) is 0 Å². The van der Waals surface area contributed by atoms with Crippen molar-refractivity contribution in [2.45, 2.75) is 105 Å². The maximum atomic E-state index is 10.0. The number of phenols is 1. The van der Waals surface area contributed by atoms with Crippen molar-refractivity contribution in [2.75, 3.05) is 0 Å². The van der Waals surface area contributed by atoms with Gasteiger partial charge < -0.3 is 5.11 Å². The SMILES string of the molecule is CC(C)(C)CCCCCCc1cc(O)cc(CCCCC2(C)CC2)c1. The second kappa shape index (κ2) is 9.10. The standard InChI is InChI=1S/C24H40O/c1-23(2,3)13-9-6-5-7-11-20-17-21(19-22(25)18-20)12-8-10-14-24(4)15-16-24/h17-19,25H,5-16H2,1-4H3. The second-order valence-electron chi connectivity index (χ2n) is 10.0. The summed E-state index contributed by atoms with van der Waals surface area (Å²) in [6, 6.07) is 6.25. The molecule has 1 heteroatoms. The van der Waals surface area contributed by atoms with Gasteiger partial charge >= 0.3 is 0 Å². The first-order chi connectivity index (χ1) is 11.8. The van der Waals surface area contributed by atoms with E-state index >= 15 is 0 Å². The molecule has 0 aromatic heterocycles. The van der Waals surface area contributed by atoms with Crippen molar-refractivity contribution in [3.63, 3.8) is 0 Å². The molecule has 0 amide bonds. The molecule has 1 saturated carbocycles. The second-order valence-corrected chi connectivity index (χ2v) is 10.0. The predicted octanol–water partition coefficient (Wildman–Crippen LogP) is 7.44. The molecule has 0 radical (unpaired) electrons. The van der Waals surface area contributed by atoms with Gasteiger partial charge in [0, 0.05) is 0 Å². The normalized spacial score (nSPS) is 16.2. The van der Waals surface area contributed by atoms with E-state index in [4.69, 9.17) is 0 Å². The van der Waals surface area contributed by atoms with Crippen LogP contribution in [0.5, 0.6) is 5.75 Å². The first-order valence-corrected chi connectivity index (χ1v) is 10.6. The number of rotatable bonds is 11. The Hall–Kier alpha value is -0.980. The van der Waals surface area contributed by atoms with E-state index in [1.165, 1.54) is 75.3 Å². The molecule has 1 aliphatic rings. The van der Waals surface area contributed by atoms with Gasteiger partial charge in [-0.1, -0.05) is 59.4 Å². The molecule has 0 aliphatic heterocycles. The number of unbranched alkanes of at least 4 members (excludes halogenated alkanes) is 4. The van der Waals surface area contributed by atoms with Crippen molar-refractivity contribution in [3.8, 4) is 5.75 Å². The van der Waals surface area contributed by atoms with Crippen molar-refractivity contribution >= 4 is 0 Å². The van der Waals surface area contributed by atoms with E-state index in [0.717, 1.165) is 12.8 Å². The van der Waals surface area contributed by atoms with E-state index in [-0.39, 0.29) is 0 Å². The number of aryl methyl sites for hydroxylation is 2. The first kappa shape index (κ1) is 20.3. The first-order valence-electron chi connectivity index (χ1n) is 10.6. The number of benzene rings is 1. The Morgan fingerprint density at radius 2 is 1.40 bits per heavy atom. The van der Waals surface area contributed by atoms with Crippen LogP contribution in [0.3, 0.4) is 0 Å². The van der Waals surface area contributed by atoms with E-state index in [0.29, 0.717) is 16.6 Å². The number of hydrogen-bond donors (Lipinski definition) is 1. The van der Waals surface area contributed by atoms with Gasteiger partial charge in [0.25, 0.3) is 0 Å². The van der Waals surface area contributed by atoms with Crippen LogP contribution >= 0.6 is 0 Å². The highest BCUT2D eigenvalue weighted by molar-refractivity contribution is 5.33. The van der Waals surface area contributed by atoms with Crippen molar-refractivity contribution in [3.05, 3.63) is 29.3 Å². The summed E-state index contributed by atoms with van der Waals surface area (Å²) in [6.07, 6.45) is 15.6. The van der Waals surface area contributed by atoms with Crippen molar-refractivity contribution in [1.29, 1.82) is 0 Å². The van der Waals surface area contributed by atoms with Crippen LogP contribution < -0.4 is 0 Å². The smallest absolute Gasteiger partial charge is 0.116 e. The molecule has 0 heterocycles. The molecule has 0 spiro atoms. The Morgan fingerprint density at radius 3 is 1.96 bits per heavy atom. The predicted molar refractivity (Wildman–Crippen MR) is 109 cm³/mol. The molecule has 0 unspecified atom stereocenters. The minimum Gasteiger partial charge on any atom is -0.508 e. The Morgan fingerprint density at radius 1 is 0.840 bits per heavy atom. The third-order valence-corrected chi connectivity index (χ3v) is 5.78. The molecular formula is C24H40O. The zero-order valence-corrected chi connectivity index (χ0v) is 17.2. The van der Waals surface area contributed by atoms with Gasteiger partial charge in [0.1, 0.15) is 5.75 Å². The summed E-state index contributed by atoms with van der Waals surface area (Å²) in [5, 5.41) is 10.0. The van der Waals surface area contributed by atoms with Gasteiger partial charge in [0.15, 0.2) is 0 Å². The highest BCUT2D eigenvalue weighted by Gasteiger charge is 2.35. The summed E-state index contributed by atoms with van der Waals surface area (Å²) < 4.78 is 0. The van der Waals surface area contributed by atoms with Gasteiger partial charge in [-0.25, -0.2) is 0 Å². The summed E-state index contributed by atoms with van der Waals surface area (Å²) in [5.74, 6) is 0.453. The molecule has 1 aromatic carbocycles. The van der Waals surface area contributed by atoms with Gasteiger partial charge in [0.2, 0.25) is 0 Å². The zero-order valence-electron chi connectivity index (χ0n) is 17.2. The number of aromatic hydroxyl groups is 1. The molecule has 25 heavy (non-hydrogen) atoms. The van der Waals surface area contributed by atoms with Gasteiger partial charge in [-0.15, -0.1) is 0 Å². The molecule has 0 atom stereocenters. The third-order valence-electron chi connectivity index (χ3n) is 5.78. The molecular weight excluding hydrogens is 304 g/mol. The van der Waals surface area contributed by atoms with E-state index in [9.17, 15) is 5.11 Å². The van der Waals surface area contributed by atoms with E-state index < -0.39 is 0 Å². The fraction of sp³-hybridized carbons (Fsp3) is 0.750. The van der Waals surface area contributed by atoms with Crippen LogP contribution in [-0.4, -0.2) is 5.11 Å². The lowest BCUT2D eigenvalue weighted by Gasteiger charge is -2.17. The highest BCUT2D eigenvalue weighted by atomic mass is 16.3. The maximum absolute atomic E-state index is 10.0. The van der Waals surface area contributed by atoms with Crippen LogP contribution in [0, 0.1) is 10.8 Å². The molecule has 2 rings (SSSR count). The average Bonchev–Trinajstić information content (AvgIpc) is 3.24. The van der Waals surface area contributed by atoms with Gasteiger partial charge in [-0.2, -0.15) is 0 Å². The minimum atomic E-state index is 0.453.